The maximum atomic E-state index is 11.2. The van der Waals surface area contributed by atoms with E-state index in [1.807, 2.05) is 24.3 Å². The van der Waals surface area contributed by atoms with Gasteiger partial charge < -0.3 is 5.73 Å². The van der Waals surface area contributed by atoms with Crippen LogP contribution in [-0.2, 0) is 13.1 Å². The summed E-state index contributed by atoms with van der Waals surface area (Å²) in [6.07, 6.45) is 1.19. The number of hydrogen-bond donors (Lipinski definition) is 1. The highest BCUT2D eigenvalue weighted by molar-refractivity contribution is 5.92. The number of carbonyl (C=O) groups excluding carboxylic acids is 1. The normalized spacial score (nSPS) is 16.5. The average molecular weight is 337 g/mol. The van der Waals surface area contributed by atoms with Crippen LogP contribution in [0.1, 0.15) is 33.5 Å². The number of nitrogens with two attached hydrogens (primary N) is 1. The molecule has 0 bridgehead atoms. The van der Waals surface area contributed by atoms with Gasteiger partial charge in [0.05, 0.1) is 0 Å². The first-order valence-corrected chi connectivity index (χ1v) is 8.99. The first-order chi connectivity index (χ1) is 12.1. The molecule has 4 nitrogen and oxygen atoms in total. The van der Waals surface area contributed by atoms with Gasteiger partial charge in [-0.3, -0.25) is 14.6 Å². The Kier molecular flexibility index (Phi) is 5.84. The number of amides is 1. The van der Waals surface area contributed by atoms with Crippen LogP contribution in [0.25, 0.3) is 0 Å². The lowest BCUT2D eigenvalue weighted by molar-refractivity contribution is 0.100. The van der Waals surface area contributed by atoms with Gasteiger partial charge in [0.15, 0.2) is 0 Å². The summed E-state index contributed by atoms with van der Waals surface area (Å²) in [5, 5.41) is 0. The van der Waals surface area contributed by atoms with E-state index in [0.29, 0.717) is 5.56 Å². The topological polar surface area (TPSA) is 49.6 Å². The second-order valence-corrected chi connectivity index (χ2v) is 6.95. The van der Waals surface area contributed by atoms with Gasteiger partial charge in [-0.1, -0.05) is 42.0 Å². The van der Waals surface area contributed by atoms with E-state index in [2.05, 4.69) is 41.0 Å². The van der Waals surface area contributed by atoms with Crippen molar-refractivity contribution in [2.45, 2.75) is 26.4 Å². The lowest BCUT2D eigenvalue weighted by Crippen LogP contribution is -2.30. The number of aryl methyl sites for hydroxylation is 1. The van der Waals surface area contributed by atoms with Gasteiger partial charge in [0.25, 0.3) is 0 Å². The molecule has 2 aromatic rings. The van der Waals surface area contributed by atoms with E-state index in [-0.39, 0.29) is 5.91 Å². The van der Waals surface area contributed by atoms with Crippen LogP contribution in [0.4, 0.5) is 0 Å². The smallest absolute Gasteiger partial charge is 0.248 e. The van der Waals surface area contributed by atoms with Crippen LogP contribution in [0.5, 0.6) is 0 Å². The minimum Gasteiger partial charge on any atom is -0.366 e. The number of carbonyl (C=O) groups is 1. The summed E-state index contributed by atoms with van der Waals surface area (Å²) in [5.74, 6) is -0.368. The second-order valence-electron chi connectivity index (χ2n) is 6.95. The molecule has 0 atom stereocenters. The number of benzene rings is 2. The Labute approximate surface area is 150 Å². The highest BCUT2D eigenvalue weighted by Crippen LogP contribution is 2.13. The summed E-state index contributed by atoms with van der Waals surface area (Å²) in [4.78, 5) is 16.2. The highest BCUT2D eigenvalue weighted by atomic mass is 16.1. The van der Waals surface area contributed by atoms with Crippen molar-refractivity contribution in [1.29, 1.82) is 0 Å². The van der Waals surface area contributed by atoms with Crippen molar-refractivity contribution in [3.05, 3.63) is 70.8 Å². The molecule has 0 unspecified atom stereocenters. The van der Waals surface area contributed by atoms with Gasteiger partial charge in [-0.2, -0.15) is 0 Å². The van der Waals surface area contributed by atoms with E-state index in [1.54, 1.807) is 0 Å². The predicted octanol–water partition coefficient (Wildman–Crippen LogP) is 2.80. The molecule has 1 amide bonds. The fourth-order valence-electron chi connectivity index (χ4n) is 3.32. The van der Waals surface area contributed by atoms with Crippen molar-refractivity contribution in [2.75, 3.05) is 26.2 Å². The lowest BCUT2D eigenvalue weighted by atomic mass is 10.1. The molecule has 0 saturated carbocycles. The van der Waals surface area contributed by atoms with Gasteiger partial charge >= 0.3 is 0 Å². The standard InChI is InChI=1S/C21H27N3O/c1-17-3-5-18(6-4-17)15-23-11-2-12-24(14-13-23)16-19-7-9-20(10-8-19)21(22)25/h3-10H,2,11-16H2,1H3,(H2,22,25). The Balaban J connectivity index is 1.52. The van der Waals surface area contributed by atoms with E-state index in [1.165, 1.54) is 23.1 Å². The van der Waals surface area contributed by atoms with Crippen molar-refractivity contribution in [3.63, 3.8) is 0 Å². The monoisotopic (exact) mass is 337 g/mol. The molecule has 0 radical (unpaired) electrons. The Hall–Kier alpha value is -2.17. The number of hydrogen-bond acceptors (Lipinski definition) is 3. The van der Waals surface area contributed by atoms with Crippen molar-refractivity contribution < 1.29 is 4.79 Å². The molecule has 0 spiro atoms. The molecule has 132 valence electrons. The summed E-state index contributed by atoms with van der Waals surface area (Å²) in [6, 6.07) is 16.5. The fraction of sp³-hybridized carbons (Fsp3) is 0.381. The molecule has 2 N–H and O–H groups in total. The van der Waals surface area contributed by atoms with Gasteiger partial charge in [0.1, 0.15) is 0 Å². The Bertz CT molecular complexity index is 694. The molecule has 0 aliphatic carbocycles. The van der Waals surface area contributed by atoms with Gasteiger partial charge in [0, 0.05) is 31.7 Å². The lowest BCUT2D eigenvalue weighted by Gasteiger charge is -2.22. The molecule has 1 fully saturated rings. The van der Waals surface area contributed by atoms with E-state index >= 15 is 0 Å². The minimum atomic E-state index is -0.368. The SMILES string of the molecule is Cc1ccc(CN2CCCN(Cc3ccc(C(N)=O)cc3)CC2)cc1. The molecule has 1 aliphatic rings. The summed E-state index contributed by atoms with van der Waals surface area (Å²) in [5.41, 5.74) is 9.81. The summed E-state index contributed by atoms with van der Waals surface area (Å²) in [6.45, 7) is 8.51. The van der Waals surface area contributed by atoms with Crippen LogP contribution in [0.2, 0.25) is 0 Å². The maximum Gasteiger partial charge on any atom is 0.248 e. The average Bonchev–Trinajstić information content (AvgIpc) is 2.83. The third-order valence-electron chi connectivity index (χ3n) is 4.85. The van der Waals surface area contributed by atoms with Crippen LogP contribution in [-0.4, -0.2) is 41.9 Å². The Morgan fingerprint density at radius 2 is 1.32 bits per heavy atom. The van der Waals surface area contributed by atoms with Crippen molar-refractivity contribution in [3.8, 4) is 0 Å². The Morgan fingerprint density at radius 3 is 1.80 bits per heavy atom. The fourth-order valence-corrected chi connectivity index (χ4v) is 3.32. The van der Waals surface area contributed by atoms with Gasteiger partial charge in [0.2, 0.25) is 5.91 Å². The summed E-state index contributed by atoms with van der Waals surface area (Å²) >= 11 is 0. The van der Waals surface area contributed by atoms with Crippen LogP contribution in [0, 0.1) is 6.92 Å². The molecule has 3 rings (SSSR count). The maximum absolute atomic E-state index is 11.2. The molecule has 2 aromatic carbocycles. The first-order valence-electron chi connectivity index (χ1n) is 8.99. The zero-order valence-corrected chi connectivity index (χ0v) is 14.9. The van der Waals surface area contributed by atoms with Crippen LogP contribution in [0.3, 0.4) is 0 Å². The van der Waals surface area contributed by atoms with Crippen LogP contribution in [0.15, 0.2) is 48.5 Å². The summed E-state index contributed by atoms with van der Waals surface area (Å²) in [7, 11) is 0. The van der Waals surface area contributed by atoms with E-state index in [0.717, 1.165) is 39.3 Å². The molecular weight excluding hydrogens is 310 g/mol. The third kappa shape index (κ3) is 5.15. The zero-order chi connectivity index (χ0) is 17.6. The van der Waals surface area contributed by atoms with E-state index < -0.39 is 0 Å². The number of nitrogens with zero attached hydrogens (tertiary/aromatic N) is 2. The van der Waals surface area contributed by atoms with Crippen molar-refractivity contribution in [1.82, 2.24) is 9.80 Å². The Morgan fingerprint density at radius 1 is 0.840 bits per heavy atom. The van der Waals surface area contributed by atoms with Crippen molar-refractivity contribution >= 4 is 5.91 Å². The molecule has 1 aliphatic heterocycles. The minimum absolute atomic E-state index is 0.368. The largest absolute Gasteiger partial charge is 0.366 e. The van der Waals surface area contributed by atoms with Gasteiger partial charge in [-0.05, 0) is 49.7 Å². The van der Waals surface area contributed by atoms with Crippen LogP contribution < -0.4 is 5.73 Å². The van der Waals surface area contributed by atoms with Crippen molar-refractivity contribution in [2.24, 2.45) is 5.73 Å². The number of rotatable bonds is 5. The molecule has 0 aromatic heterocycles. The predicted molar refractivity (Wildman–Crippen MR) is 101 cm³/mol. The third-order valence-corrected chi connectivity index (χ3v) is 4.85. The number of primary amides is 1. The summed E-state index contributed by atoms with van der Waals surface area (Å²) < 4.78 is 0. The molecule has 1 heterocycles. The van der Waals surface area contributed by atoms with Gasteiger partial charge in [-0.15, -0.1) is 0 Å². The van der Waals surface area contributed by atoms with E-state index in [4.69, 9.17) is 5.73 Å². The molecule has 25 heavy (non-hydrogen) atoms. The highest BCUT2D eigenvalue weighted by Gasteiger charge is 2.15. The second kappa shape index (κ2) is 8.28. The van der Waals surface area contributed by atoms with Crippen LogP contribution >= 0.6 is 0 Å². The molecule has 4 heteroatoms. The molecule has 1 saturated heterocycles. The first kappa shape index (κ1) is 17.6. The zero-order valence-electron chi connectivity index (χ0n) is 14.9. The van der Waals surface area contributed by atoms with Gasteiger partial charge in [-0.25, -0.2) is 0 Å². The van der Waals surface area contributed by atoms with E-state index in [9.17, 15) is 4.79 Å². The quantitative estimate of drug-likeness (QED) is 0.913. The molecular formula is C21H27N3O.